The van der Waals surface area contributed by atoms with Crippen molar-refractivity contribution in [1.82, 2.24) is 0 Å². The fourth-order valence-corrected chi connectivity index (χ4v) is 2.23. The smallest absolute Gasteiger partial charge is 0.333 e. The summed E-state index contributed by atoms with van der Waals surface area (Å²) in [7, 11) is 0. The number of hydrogen-bond donors (Lipinski definition) is 0. The maximum Gasteiger partial charge on any atom is 0.333 e. The number of rotatable bonds is 3. The Morgan fingerprint density at radius 3 is 2.79 bits per heavy atom. The first-order chi connectivity index (χ1) is 6.70. The summed E-state index contributed by atoms with van der Waals surface area (Å²) in [6.45, 7) is 6.41. The van der Waals surface area contributed by atoms with Crippen LogP contribution in [0.15, 0.2) is 11.1 Å². The number of hydrogen-bond acceptors (Lipinski definition) is 2. The van der Waals surface area contributed by atoms with Gasteiger partial charge >= 0.3 is 5.97 Å². The third-order valence-corrected chi connectivity index (χ3v) is 3.05. The molecule has 1 aliphatic carbocycles. The largest absolute Gasteiger partial charge is 0.463 e. The molecule has 2 nitrogen and oxygen atoms in total. The number of carbonyl (C=O) groups excluding carboxylic acids is 1. The van der Waals surface area contributed by atoms with Crippen LogP contribution in [0.4, 0.5) is 0 Å². The number of allylic oxidation sites excluding steroid dienone is 1. The Kier molecular flexibility index (Phi) is 4.18. The molecule has 1 fully saturated rings. The van der Waals surface area contributed by atoms with Gasteiger partial charge < -0.3 is 4.74 Å². The van der Waals surface area contributed by atoms with Gasteiger partial charge in [0, 0.05) is 5.57 Å². The summed E-state index contributed by atoms with van der Waals surface area (Å²) in [5.74, 6) is 0.502. The van der Waals surface area contributed by atoms with Crippen LogP contribution in [0.2, 0.25) is 0 Å². The third kappa shape index (κ3) is 2.37. The van der Waals surface area contributed by atoms with Crippen LogP contribution in [0.3, 0.4) is 0 Å². The highest BCUT2D eigenvalue weighted by atomic mass is 16.5. The zero-order chi connectivity index (χ0) is 10.6. The molecule has 1 unspecified atom stereocenters. The summed E-state index contributed by atoms with van der Waals surface area (Å²) in [5.41, 5.74) is 2.20. The van der Waals surface area contributed by atoms with Crippen LogP contribution in [0.5, 0.6) is 0 Å². The highest BCUT2D eigenvalue weighted by molar-refractivity contribution is 5.88. The van der Waals surface area contributed by atoms with E-state index >= 15 is 0 Å². The van der Waals surface area contributed by atoms with E-state index in [1.54, 1.807) is 0 Å². The molecule has 0 heterocycles. The van der Waals surface area contributed by atoms with E-state index in [-0.39, 0.29) is 5.97 Å². The first-order valence-electron chi connectivity index (χ1n) is 5.57. The Balaban J connectivity index is 2.75. The fraction of sp³-hybridized carbons (Fsp3) is 0.750. The van der Waals surface area contributed by atoms with Crippen LogP contribution < -0.4 is 0 Å². The van der Waals surface area contributed by atoms with Crippen molar-refractivity contribution in [1.29, 1.82) is 0 Å². The van der Waals surface area contributed by atoms with Gasteiger partial charge in [-0.2, -0.15) is 0 Å². The van der Waals surface area contributed by atoms with Crippen molar-refractivity contribution in [2.45, 2.75) is 46.5 Å². The molecule has 0 aromatic rings. The second kappa shape index (κ2) is 5.18. The zero-order valence-corrected chi connectivity index (χ0v) is 9.43. The molecule has 0 aromatic carbocycles. The van der Waals surface area contributed by atoms with Gasteiger partial charge in [-0.25, -0.2) is 4.79 Å². The summed E-state index contributed by atoms with van der Waals surface area (Å²) in [6, 6.07) is 0. The van der Waals surface area contributed by atoms with E-state index in [2.05, 4.69) is 6.92 Å². The Bertz CT molecular complexity index is 241. The van der Waals surface area contributed by atoms with Crippen LogP contribution in [0.1, 0.15) is 46.5 Å². The van der Waals surface area contributed by atoms with Crippen LogP contribution in [0.25, 0.3) is 0 Å². The molecule has 0 bridgehead atoms. The monoisotopic (exact) mass is 196 g/mol. The fourth-order valence-electron chi connectivity index (χ4n) is 2.23. The molecular formula is C12H20O2. The van der Waals surface area contributed by atoms with Gasteiger partial charge in [-0.15, -0.1) is 0 Å². The van der Waals surface area contributed by atoms with Crippen LogP contribution in [-0.4, -0.2) is 12.6 Å². The minimum Gasteiger partial charge on any atom is -0.463 e. The lowest BCUT2D eigenvalue weighted by Gasteiger charge is -2.12. The molecule has 0 aromatic heterocycles. The van der Waals surface area contributed by atoms with Crippen molar-refractivity contribution in [3.63, 3.8) is 0 Å². The van der Waals surface area contributed by atoms with Crippen LogP contribution in [0, 0.1) is 5.92 Å². The second-order valence-corrected chi connectivity index (χ2v) is 3.87. The topological polar surface area (TPSA) is 26.3 Å². The minimum atomic E-state index is -0.122. The first-order valence-corrected chi connectivity index (χ1v) is 5.57. The van der Waals surface area contributed by atoms with Gasteiger partial charge in [0.1, 0.15) is 0 Å². The van der Waals surface area contributed by atoms with Crippen molar-refractivity contribution in [3.05, 3.63) is 11.1 Å². The quantitative estimate of drug-likeness (QED) is 0.512. The molecule has 0 amide bonds. The number of ether oxygens (including phenoxy) is 1. The zero-order valence-electron chi connectivity index (χ0n) is 9.43. The Hall–Kier alpha value is -0.790. The van der Waals surface area contributed by atoms with Crippen molar-refractivity contribution in [2.24, 2.45) is 5.92 Å². The van der Waals surface area contributed by atoms with Gasteiger partial charge in [0.25, 0.3) is 0 Å². The number of carbonyl (C=O) groups is 1. The maximum absolute atomic E-state index is 11.5. The molecule has 1 rings (SSSR count). The number of esters is 1. The Morgan fingerprint density at radius 2 is 2.21 bits per heavy atom. The summed E-state index contributed by atoms with van der Waals surface area (Å²) in [4.78, 5) is 11.5. The second-order valence-electron chi connectivity index (χ2n) is 3.87. The Labute approximate surface area is 86.3 Å². The molecule has 0 radical (unpaired) electrons. The predicted molar refractivity (Wildman–Crippen MR) is 57.0 cm³/mol. The van der Waals surface area contributed by atoms with Crippen molar-refractivity contribution in [3.8, 4) is 0 Å². The molecule has 0 spiro atoms. The molecule has 2 heteroatoms. The summed E-state index contributed by atoms with van der Waals surface area (Å²) < 4.78 is 5.01. The van der Waals surface area contributed by atoms with E-state index in [4.69, 9.17) is 4.74 Å². The van der Waals surface area contributed by atoms with Crippen molar-refractivity contribution in [2.75, 3.05) is 6.61 Å². The predicted octanol–water partition coefficient (Wildman–Crippen LogP) is 3.08. The molecule has 1 aliphatic rings. The van der Waals surface area contributed by atoms with Gasteiger partial charge in [-0.3, -0.25) is 0 Å². The van der Waals surface area contributed by atoms with Gasteiger partial charge in [0.05, 0.1) is 6.61 Å². The maximum atomic E-state index is 11.5. The normalized spacial score (nSPS) is 24.9. The molecule has 0 N–H and O–H groups in total. The van der Waals surface area contributed by atoms with Gasteiger partial charge in [0.2, 0.25) is 0 Å². The van der Waals surface area contributed by atoms with E-state index in [1.165, 1.54) is 18.4 Å². The molecule has 1 saturated carbocycles. The van der Waals surface area contributed by atoms with Crippen LogP contribution >= 0.6 is 0 Å². The van der Waals surface area contributed by atoms with E-state index in [0.717, 1.165) is 18.4 Å². The summed E-state index contributed by atoms with van der Waals surface area (Å²) in [5, 5.41) is 0. The van der Waals surface area contributed by atoms with Gasteiger partial charge in [0.15, 0.2) is 0 Å². The van der Waals surface area contributed by atoms with E-state index in [1.807, 2.05) is 13.8 Å². The van der Waals surface area contributed by atoms with E-state index in [9.17, 15) is 4.79 Å². The Morgan fingerprint density at radius 1 is 1.50 bits per heavy atom. The molecule has 14 heavy (non-hydrogen) atoms. The molecule has 0 aliphatic heterocycles. The highest BCUT2D eigenvalue weighted by Crippen LogP contribution is 2.35. The molecule has 1 atom stereocenters. The lowest BCUT2D eigenvalue weighted by atomic mass is 9.96. The third-order valence-electron chi connectivity index (χ3n) is 3.05. The van der Waals surface area contributed by atoms with Crippen molar-refractivity contribution >= 4 is 5.97 Å². The van der Waals surface area contributed by atoms with E-state index in [0.29, 0.717) is 12.5 Å². The lowest BCUT2D eigenvalue weighted by Crippen LogP contribution is -2.09. The average molecular weight is 196 g/mol. The average Bonchev–Trinajstić information content (AvgIpc) is 2.64. The SMILES string of the molecule is CCOC(=O)C(C)=C1CCCC1CC. The minimum absolute atomic E-state index is 0.122. The van der Waals surface area contributed by atoms with Crippen LogP contribution in [-0.2, 0) is 9.53 Å². The summed E-state index contributed by atoms with van der Waals surface area (Å²) in [6.07, 6.45) is 4.70. The van der Waals surface area contributed by atoms with Gasteiger partial charge in [-0.1, -0.05) is 12.5 Å². The molecular weight excluding hydrogens is 176 g/mol. The summed E-state index contributed by atoms with van der Waals surface area (Å²) >= 11 is 0. The van der Waals surface area contributed by atoms with Crippen molar-refractivity contribution < 1.29 is 9.53 Å². The molecule has 0 saturated heterocycles. The molecule has 80 valence electrons. The first kappa shape index (κ1) is 11.3. The standard InChI is InChI=1S/C12H20O2/c1-4-10-7-6-8-11(10)9(3)12(13)14-5-2/h10H,4-8H2,1-3H3. The lowest BCUT2D eigenvalue weighted by molar-refractivity contribution is -0.138. The van der Waals surface area contributed by atoms with Gasteiger partial charge in [-0.05, 0) is 45.4 Å². The van der Waals surface area contributed by atoms with E-state index < -0.39 is 0 Å². The highest BCUT2D eigenvalue weighted by Gasteiger charge is 2.23.